The van der Waals surface area contributed by atoms with Crippen LogP contribution in [0.5, 0.6) is 0 Å². The molecule has 1 heterocycles. The number of benzene rings is 1. The van der Waals surface area contributed by atoms with E-state index in [9.17, 15) is 18.8 Å². The van der Waals surface area contributed by atoms with Crippen molar-refractivity contribution >= 4 is 17.4 Å². The zero-order valence-electron chi connectivity index (χ0n) is 18.7. The molecule has 5 nitrogen and oxygen atoms in total. The number of fused-ring (bicyclic) bond motifs is 5. The van der Waals surface area contributed by atoms with E-state index in [1.807, 2.05) is 6.07 Å². The second kappa shape index (κ2) is 8.50. The molecule has 3 aliphatic rings. The minimum Gasteiger partial charge on any atom is -0.411 e. The largest absolute Gasteiger partial charge is 0.411 e. The van der Waals surface area contributed by atoms with Gasteiger partial charge in [-0.25, -0.2) is 13.8 Å². The highest BCUT2D eigenvalue weighted by Gasteiger charge is 2.57. The van der Waals surface area contributed by atoms with E-state index in [4.69, 9.17) is 0 Å². The van der Waals surface area contributed by atoms with Crippen molar-refractivity contribution in [3.05, 3.63) is 59.3 Å². The van der Waals surface area contributed by atoms with Gasteiger partial charge in [0.1, 0.15) is 17.5 Å². The van der Waals surface area contributed by atoms with E-state index in [0.717, 1.165) is 42.5 Å². The molecule has 0 bridgehead atoms. The van der Waals surface area contributed by atoms with Gasteiger partial charge in [-0.1, -0.05) is 24.2 Å². The molecule has 2 aromatic rings. The molecule has 2 fully saturated rings. The van der Waals surface area contributed by atoms with Crippen LogP contribution >= 0.6 is 0 Å². The van der Waals surface area contributed by atoms with Gasteiger partial charge in [-0.2, -0.15) is 0 Å². The third-order valence-corrected chi connectivity index (χ3v) is 8.45. The van der Waals surface area contributed by atoms with Gasteiger partial charge in [0, 0.05) is 24.1 Å². The van der Waals surface area contributed by atoms with Crippen molar-refractivity contribution in [1.82, 2.24) is 4.98 Å². The molecule has 3 aliphatic carbocycles. The lowest BCUT2D eigenvalue weighted by molar-refractivity contribution is -0.116. The Balaban J connectivity index is 1.36. The topological polar surface area (TPSA) is 74.6 Å². The van der Waals surface area contributed by atoms with Crippen molar-refractivity contribution < 1.29 is 18.8 Å². The number of amides is 1. The Kier molecular flexibility index (Phi) is 5.67. The van der Waals surface area contributed by atoms with E-state index >= 15 is 0 Å². The maximum Gasteiger partial charge on any atom is 0.225 e. The maximum absolute atomic E-state index is 14.5. The van der Waals surface area contributed by atoms with Gasteiger partial charge in [0.05, 0.1) is 5.71 Å². The number of aromatic nitrogens is 1. The first kappa shape index (κ1) is 22.0. The third-order valence-electron chi connectivity index (χ3n) is 8.45. The van der Waals surface area contributed by atoms with Gasteiger partial charge in [0.2, 0.25) is 5.91 Å². The standard InChI is InChI=1S/C26H29F2N3O2/c1-26-11-9-18-17-3-2-4-21(28)19(17)6-7-20(18)25(26)15(13-22(26)31-33)5-8-24(32)30-23-14-16(27)10-12-29-23/h2-4,10,12,14-15,18,20,25,33H,5-9,11,13H2,1H3,(H,29,30,32)/b31-22+/t15-,18?,20?,25?,26-/m1/s1. The van der Waals surface area contributed by atoms with Crippen LogP contribution in [0.3, 0.4) is 0 Å². The summed E-state index contributed by atoms with van der Waals surface area (Å²) in [4.78, 5) is 16.5. The van der Waals surface area contributed by atoms with Gasteiger partial charge < -0.3 is 10.5 Å². The number of halogens is 2. The van der Waals surface area contributed by atoms with E-state index < -0.39 is 5.82 Å². The van der Waals surface area contributed by atoms with Gasteiger partial charge in [0.15, 0.2) is 0 Å². The number of pyridine rings is 1. The smallest absolute Gasteiger partial charge is 0.225 e. The molecular weight excluding hydrogens is 424 g/mol. The Bertz CT molecular complexity index is 1100. The van der Waals surface area contributed by atoms with E-state index in [1.54, 1.807) is 6.07 Å². The molecule has 0 aliphatic heterocycles. The fourth-order valence-electron chi connectivity index (χ4n) is 7.07. The first-order valence-electron chi connectivity index (χ1n) is 11.8. The third kappa shape index (κ3) is 3.81. The second-order valence-corrected chi connectivity index (χ2v) is 10.1. The molecular formula is C26H29F2N3O2. The molecule has 1 amide bonds. The zero-order valence-corrected chi connectivity index (χ0v) is 18.7. The lowest BCUT2D eigenvalue weighted by Gasteiger charge is -2.50. The number of carbonyl (C=O) groups excluding carboxylic acids is 1. The fourth-order valence-corrected chi connectivity index (χ4v) is 7.07. The van der Waals surface area contributed by atoms with Crippen LogP contribution in [-0.4, -0.2) is 21.8 Å². The molecule has 0 spiro atoms. The van der Waals surface area contributed by atoms with Crippen LogP contribution in [0.2, 0.25) is 0 Å². The molecule has 33 heavy (non-hydrogen) atoms. The molecule has 7 heteroatoms. The minimum atomic E-state index is -0.446. The van der Waals surface area contributed by atoms with Crippen LogP contribution in [0, 0.1) is 34.8 Å². The SMILES string of the molecule is C[C@]12CCC3c4cccc(F)c4CCC3C1[C@H](CCC(=O)Nc1cc(F)ccn1)C/C2=N\O. The van der Waals surface area contributed by atoms with E-state index in [-0.39, 0.29) is 41.2 Å². The Morgan fingerprint density at radius 2 is 2.15 bits per heavy atom. The highest BCUT2D eigenvalue weighted by molar-refractivity contribution is 5.93. The Labute approximate surface area is 192 Å². The Morgan fingerprint density at radius 3 is 2.94 bits per heavy atom. The molecule has 5 atom stereocenters. The van der Waals surface area contributed by atoms with Crippen molar-refractivity contribution in [1.29, 1.82) is 0 Å². The zero-order chi connectivity index (χ0) is 23.2. The van der Waals surface area contributed by atoms with Crippen molar-refractivity contribution in [3.63, 3.8) is 0 Å². The number of hydrogen-bond donors (Lipinski definition) is 2. The number of carbonyl (C=O) groups is 1. The van der Waals surface area contributed by atoms with Crippen molar-refractivity contribution in [2.24, 2.45) is 28.3 Å². The number of nitrogens with one attached hydrogen (secondary N) is 1. The Morgan fingerprint density at radius 1 is 1.30 bits per heavy atom. The molecule has 2 saturated carbocycles. The summed E-state index contributed by atoms with van der Waals surface area (Å²) in [6.07, 6.45) is 6.41. The van der Waals surface area contributed by atoms with E-state index in [1.165, 1.54) is 18.3 Å². The van der Waals surface area contributed by atoms with Crippen LogP contribution in [0.25, 0.3) is 0 Å². The molecule has 1 aromatic heterocycles. The lowest BCUT2D eigenvalue weighted by Crippen LogP contribution is -2.44. The summed E-state index contributed by atoms with van der Waals surface area (Å²) in [7, 11) is 0. The van der Waals surface area contributed by atoms with E-state index in [2.05, 4.69) is 28.4 Å². The summed E-state index contributed by atoms with van der Waals surface area (Å²) in [5.74, 6) is 0.600. The average molecular weight is 454 g/mol. The van der Waals surface area contributed by atoms with Crippen LogP contribution < -0.4 is 5.32 Å². The summed E-state index contributed by atoms with van der Waals surface area (Å²) in [5, 5.41) is 16.2. The van der Waals surface area contributed by atoms with Gasteiger partial charge in [-0.15, -0.1) is 0 Å². The summed E-state index contributed by atoms with van der Waals surface area (Å²) in [6.45, 7) is 2.20. The number of nitrogens with zero attached hydrogens (tertiary/aromatic N) is 2. The summed E-state index contributed by atoms with van der Waals surface area (Å²) in [5.41, 5.74) is 2.62. The van der Waals surface area contributed by atoms with Crippen LogP contribution in [-0.2, 0) is 11.2 Å². The number of oxime groups is 1. The number of hydrogen-bond acceptors (Lipinski definition) is 4. The highest BCUT2D eigenvalue weighted by Crippen LogP contribution is 2.62. The van der Waals surface area contributed by atoms with Gasteiger partial charge in [0.25, 0.3) is 0 Å². The number of rotatable bonds is 4. The lowest BCUT2D eigenvalue weighted by atomic mass is 9.54. The van der Waals surface area contributed by atoms with Gasteiger partial charge in [-0.3, -0.25) is 4.79 Å². The molecule has 0 saturated heterocycles. The summed E-state index contributed by atoms with van der Waals surface area (Å²) in [6, 6.07) is 7.86. The summed E-state index contributed by atoms with van der Waals surface area (Å²) >= 11 is 0. The first-order chi connectivity index (χ1) is 15.9. The van der Waals surface area contributed by atoms with Crippen LogP contribution in [0.4, 0.5) is 14.6 Å². The monoisotopic (exact) mass is 453 g/mol. The normalized spacial score (nSPS) is 31.5. The number of anilines is 1. The maximum atomic E-state index is 14.5. The van der Waals surface area contributed by atoms with E-state index in [0.29, 0.717) is 24.7 Å². The highest BCUT2D eigenvalue weighted by atomic mass is 19.1. The minimum absolute atomic E-state index is 0.109. The first-order valence-corrected chi connectivity index (χ1v) is 11.8. The molecule has 174 valence electrons. The fraction of sp³-hybridized carbons (Fsp3) is 0.500. The Hall–Kier alpha value is -2.83. The van der Waals surface area contributed by atoms with Crippen LogP contribution in [0.1, 0.15) is 62.5 Å². The quantitative estimate of drug-likeness (QED) is 0.461. The van der Waals surface area contributed by atoms with Crippen molar-refractivity contribution in [2.75, 3.05) is 5.32 Å². The van der Waals surface area contributed by atoms with Crippen molar-refractivity contribution in [2.45, 2.75) is 57.8 Å². The molecule has 2 N–H and O–H groups in total. The van der Waals surface area contributed by atoms with Gasteiger partial charge in [-0.05, 0) is 85.5 Å². The second-order valence-electron chi connectivity index (χ2n) is 10.1. The van der Waals surface area contributed by atoms with Crippen molar-refractivity contribution in [3.8, 4) is 0 Å². The molecule has 5 rings (SSSR count). The summed E-state index contributed by atoms with van der Waals surface area (Å²) < 4.78 is 27.9. The predicted molar refractivity (Wildman–Crippen MR) is 121 cm³/mol. The average Bonchev–Trinajstić information content (AvgIpc) is 3.09. The molecule has 1 aromatic carbocycles. The molecule has 0 radical (unpaired) electrons. The predicted octanol–water partition coefficient (Wildman–Crippen LogP) is 5.69. The van der Waals surface area contributed by atoms with Gasteiger partial charge >= 0.3 is 0 Å². The van der Waals surface area contributed by atoms with Crippen LogP contribution in [0.15, 0.2) is 41.7 Å². The molecule has 3 unspecified atom stereocenters.